The van der Waals surface area contributed by atoms with Crippen molar-refractivity contribution in [1.82, 2.24) is 10.3 Å². The van der Waals surface area contributed by atoms with E-state index < -0.39 is 18.1 Å². The van der Waals surface area contributed by atoms with Crippen LogP contribution in [0.1, 0.15) is 22.6 Å². The number of amides is 1. The number of carbonyl (C=O) groups excluding carboxylic acids is 1. The second-order valence-electron chi connectivity index (χ2n) is 8.26. The SMILES string of the molecule is COc1cccc2c(C[C@@H](NC(=O)OCC3c4ccccc4-c4ccccc43)C(=O)O)c[nH]c12. The standard InChI is InChI=1S/C27H24N2O5/c1-33-24-12-6-11-17-16(14-28-25(17)24)13-23(26(30)31)29-27(32)34-15-22-20-9-4-2-7-18(20)19-8-3-5-10-21(19)22/h2-12,14,22-23,28H,13,15H2,1H3,(H,29,32)(H,30,31)/t23-/m1/s1. The highest BCUT2D eigenvalue weighted by Gasteiger charge is 2.30. The molecule has 1 atom stereocenters. The van der Waals surface area contributed by atoms with E-state index in [4.69, 9.17) is 9.47 Å². The molecule has 1 aromatic heterocycles. The molecule has 0 saturated carbocycles. The molecule has 1 aliphatic carbocycles. The fourth-order valence-corrected chi connectivity index (χ4v) is 4.73. The largest absolute Gasteiger partial charge is 0.495 e. The van der Waals surface area contributed by atoms with E-state index in [-0.39, 0.29) is 18.9 Å². The van der Waals surface area contributed by atoms with Gasteiger partial charge < -0.3 is 24.9 Å². The lowest BCUT2D eigenvalue weighted by Crippen LogP contribution is -2.42. The number of carboxylic acids is 1. The number of carboxylic acid groups (broad SMARTS) is 1. The lowest BCUT2D eigenvalue weighted by molar-refractivity contribution is -0.139. The Morgan fingerprint density at radius 2 is 1.68 bits per heavy atom. The Labute approximate surface area is 196 Å². The molecule has 0 bridgehead atoms. The lowest BCUT2D eigenvalue weighted by Gasteiger charge is -2.17. The summed E-state index contributed by atoms with van der Waals surface area (Å²) in [5.74, 6) is -0.562. The highest BCUT2D eigenvalue weighted by atomic mass is 16.5. The molecule has 0 saturated heterocycles. The minimum Gasteiger partial charge on any atom is -0.495 e. The van der Waals surface area contributed by atoms with E-state index in [1.54, 1.807) is 13.3 Å². The number of aromatic nitrogens is 1. The number of ether oxygens (including phenoxy) is 2. The maximum atomic E-state index is 12.6. The minimum absolute atomic E-state index is 0.0949. The molecule has 7 nitrogen and oxygen atoms in total. The van der Waals surface area contributed by atoms with Gasteiger partial charge >= 0.3 is 12.1 Å². The molecule has 0 fully saturated rings. The zero-order valence-corrected chi connectivity index (χ0v) is 18.6. The Bertz CT molecular complexity index is 1330. The van der Waals surface area contributed by atoms with Crippen LogP contribution >= 0.6 is 0 Å². The summed E-state index contributed by atoms with van der Waals surface area (Å²) in [6, 6.07) is 20.5. The van der Waals surface area contributed by atoms with Gasteiger partial charge in [-0.2, -0.15) is 0 Å². The van der Waals surface area contributed by atoms with Crippen molar-refractivity contribution >= 4 is 23.0 Å². The van der Waals surface area contributed by atoms with E-state index in [1.807, 2.05) is 54.6 Å². The number of nitrogens with one attached hydrogen (secondary N) is 2. The Morgan fingerprint density at radius 3 is 2.32 bits per heavy atom. The molecule has 1 amide bonds. The first-order valence-corrected chi connectivity index (χ1v) is 11.0. The maximum absolute atomic E-state index is 12.6. The number of hydrogen-bond donors (Lipinski definition) is 3. The van der Waals surface area contributed by atoms with Crippen LogP contribution in [0.3, 0.4) is 0 Å². The molecule has 1 heterocycles. The van der Waals surface area contributed by atoms with Crippen LogP contribution in [0.2, 0.25) is 0 Å². The molecule has 34 heavy (non-hydrogen) atoms. The van der Waals surface area contributed by atoms with Gasteiger partial charge in [-0.25, -0.2) is 9.59 Å². The molecule has 0 unspecified atom stereocenters. The summed E-state index contributed by atoms with van der Waals surface area (Å²) in [4.78, 5) is 27.6. The third-order valence-corrected chi connectivity index (χ3v) is 6.34. The molecular weight excluding hydrogens is 432 g/mol. The van der Waals surface area contributed by atoms with Gasteiger partial charge in [-0.1, -0.05) is 60.7 Å². The fraction of sp³-hybridized carbons (Fsp3) is 0.185. The van der Waals surface area contributed by atoms with Crippen molar-refractivity contribution in [2.24, 2.45) is 0 Å². The molecule has 0 spiro atoms. The third-order valence-electron chi connectivity index (χ3n) is 6.34. The van der Waals surface area contributed by atoms with E-state index >= 15 is 0 Å². The van der Waals surface area contributed by atoms with Crippen LogP contribution in [-0.4, -0.2) is 41.9 Å². The average Bonchev–Trinajstić information content (AvgIpc) is 3.41. The van der Waals surface area contributed by atoms with Crippen molar-refractivity contribution in [2.75, 3.05) is 13.7 Å². The van der Waals surface area contributed by atoms with Gasteiger partial charge in [0.05, 0.1) is 12.6 Å². The van der Waals surface area contributed by atoms with Gasteiger partial charge in [-0.3, -0.25) is 0 Å². The van der Waals surface area contributed by atoms with Crippen LogP contribution in [0.5, 0.6) is 5.75 Å². The van der Waals surface area contributed by atoms with Crippen LogP contribution < -0.4 is 10.1 Å². The number of hydrogen-bond acceptors (Lipinski definition) is 4. The number of alkyl carbamates (subject to hydrolysis) is 1. The Morgan fingerprint density at radius 1 is 1.00 bits per heavy atom. The predicted molar refractivity (Wildman–Crippen MR) is 128 cm³/mol. The van der Waals surface area contributed by atoms with E-state index in [9.17, 15) is 14.7 Å². The van der Waals surface area contributed by atoms with Gasteiger partial charge in [0.2, 0.25) is 0 Å². The number of aliphatic carboxylic acids is 1. The van der Waals surface area contributed by atoms with Crippen LogP contribution in [0.25, 0.3) is 22.0 Å². The van der Waals surface area contributed by atoms with E-state index in [1.165, 1.54) is 0 Å². The predicted octanol–water partition coefficient (Wildman–Crippen LogP) is 4.71. The van der Waals surface area contributed by atoms with Crippen LogP contribution in [0.4, 0.5) is 4.79 Å². The van der Waals surface area contributed by atoms with E-state index in [0.29, 0.717) is 5.75 Å². The molecule has 0 radical (unpaired) electrons. The molecule has 5 rings (SSSR count). The molecule has 172 valence electrons. The number of carbonyl (C=O) groups is 2. The van der Waals surface area contributed by atoms with Crippen molar-refractivity contribution < 1.29 is 24.2 Å². The third kappa shape index (κ3) is 3.85. The highest BCUT2D eigenvalue weighted by Crippen LogP contribution is 2.44. The van der Waals surface area contributed by atoms with Crippen LogP contribution in [0.15, 0.2) is 72.9 Å². The molecular formula is C27H24N2O5. The van der Waals surface area contributed by atoms with Gasteiger partial charge in [0.25, 0.3) is 0 Å². The quantitative estimate of drug-likeness (QED) is 0.374. The summed E-state index contributed by atoms with van der Waals surface area (Å²) in [5, 5.41) is 13.1. The molecule has 4 aromatic rings. The number of fused-ring (bicyclic) bond motifs is 4. The first kappa shape index (κ1) is 21.6. The van der Waals surface area contributed by atoms with Crippen LogP contribution in [-0.2, 0) is 16.0 Å². The zero-order chi connectivity index (χ0) is 23.7. The minimum atomic E-state index is -1.14. The zero-order valence-electron chi connectivity index (χ0n) is 18.6. The monoisotopic (exact) mass is 456 g/mol. The molecule has 3 aromatic carbocycles. The summed E-state index contributed by atoms with van der Waals surface area (Å²) in [6.07, 6.45) is 1.08. The Hall–Kier alpha value is -4.26. The number of rotatable bonds is 7. The van der Waals surface area contributed by atoms with Gasteiger partial charge in [-0.15, -0.1) is 0 Å². The van der Waals surface area contributed by atoms with Gasteiger partial charge in [0, 0.05) is 23.9 Å². The summed E-state index contributed by atoms with van der Waals surface area (Å²) < 4.78 is 10.9. The highest BCUT2D eigenvalue weighted by molar-refractivity contribution is 5.89. The summed E-state index contributed by atoms with van der Waals surface area (Å²) in [5.41, 5.74) is 6.00. The Kier molecular flexibility index (Phi) is 5.67. The van der Waals surface area contributed by atoms with Crippen molar-refractivity contribution in [3.05, 3.63) is 89.6 Å². The second-order valence-corrected chi connectivity index (χ2v) is 8.26. The number of H-pyrrole nitrogens is 1. The maximum Gasteiger partial charge on any atom is 0.407 e. The molecule has 1 aliphatic rings. The number of benzene rings is 3. The van der Waals surface area contributed by atoms with Gasteiger partial charge in [0.15, 0.2) is 0 Å². The normalized spacial score (nSPS) is 13.2. The van der Waals surface area contributed by atoms with Crippen LogP contribution in [0, 0.1) is 0 Å². The van der Waals surface area contributed by atoms with E-state index in [2.05, 4.69) is 22.4 Å². The summed E-state index contributed by atoms with van der Waals surface area (Å²) in [6.45, 7) is 0.122. The van der Waals surface area contributed by atoms with E-state index in [0.717, 1.165) is 38.7 Å². The Balaban J connectivity index is 1.29. The van der Waals surface area contributed by atoms with Crippen molar-refractivity contribution in [2.45, 2.75) is 18.4 Å². The van der Waals surface area contributed by atoms with Crippen molar-refractivity contribution in [1.29, 1.82) is 0 Å². The summed E-state index contributed by atoms with van der Waals surface area (Å²) >= 11 is 0. The first-order chi connectivity index (χ1) is 16.6. The fourth-order valence-electron chi connectivity index (χ4n) is 4.73. The van der Waals surface area contributed by atoms with Crippen molar-refractivity contribution in [3.8, 4) is 16.9 Å². The lowest BCUT2D eigenvalue weighted by atomic mass is 9.98. The topological polar surface area (TPSA) is 101 Å². The smallest absolute Gasteiger partial charge is 0.407 e. The van der Waals surface area contributed by atoms with Gasteiger partial charge in [-0.05, 0) is 33.9 Å². The molecule has 0 aliphatic heterocycles. The summed E-state index contributed by atoms with van der Waals surface area (Å²) in [7, 11) is 1.58. The second kappa shape index (κ2) is 8.94. The average molecular weight is 456 g/mol. The number of methoxy groups -OCH3 is 1. The number of para-hydroxylation sites is 1. The molecule has 7 heteroatoms. The first-order valence-electron chi connectivity index (χ1n) is 11.0. The van der Waals surface area contributed by atoms with Crippen molar-refractivity contribution in [3.63, 3.8) is 0 Å². The van der Waals surface area contributed by atoms with Gasteiger partial charge in [0.1, 0.15) is 18.4 Å². The molecule has 3 N–H and O–H groups in total. The number of aromatic amines is 1.